The summed E-state index contributed by atoms with van der Waals surface area (Å²) < 4.78 is 11.6. The van der Waals surface area contributed by atoms with Crippen molar-refractivity contribution in [1.29, 1.82) is 5.26 Å². The van der Waals surface area contributed by atoms with Gasteiger partial charge in [-0.3, -0.25) is 14.4 Å². The van der Waals surface area contributed by atoms with Crippen molar-refractivity contribution in [3.8, 4) is 11.8 Å². The standard InChI is InChI=1S/C23H19Br2N3O5S/c1-32-17-8-3-12(9-16(17)25)19-15(10-26)22(28-21(30)20(19)23(31)33-2)34-11-18(29)27-14-6-4-13(24)5-7-14/h3-9,19-20H,11H2,1-2H3,(H,27,29)(H,28,30)/t19-,20-/m1/s1. The largest absolute Gasteiger partial charge is 0.496 e. The Morgan fingerprint density at radius 2 is 1.88 bits per heavy atom. The Labute approximate surface area is 217 Å². The Bertz CT molecular complexity index is 1190. The zero-order valence-corrected chi connectivity index (χ0v) is 22.0. The molecule has 0 saturated heterocycles. The molecule has 0 radical (unpaired) electrons. The molecule has 0 fully saturated rings. The van der Waals surface area contributed by atoms with Gasteiger partial charge in [-0.25, -0.2) is 0 Å². The van der Waals surface area contributed by atoms with Crippen molar-refractivity contribution in [2.45, 2.75) is 5.92 Å². The lowest BCUT2D eigenvalue weighted by atomic mass is 9.78. The third-order valence-electron chi connectivity index (χ3n) is 4.99. The predicted octanol–water partition coefficient (Wildman–Crippen LogP) is 4.33. The van der Waals surface area contributed by atoms with Crippen LogP contribution in [0.2, 0.25) is 0 Å². The Hall–Kier alpha value is -2.81. The molecule has 0 unspecified atom stereocenters. The summed E-state index contributed by atoms with van der Waals surface area (Å²) in [6, 6.07) is 14.2. The van der Waals surface area contributed by atoms with Crippen LogP contribution >= 0.6 is 43.6 Å². The van der Waals surface area contributed by atoms with E-state index in [9.17, 15) is 19.6 Å². The number of nitriles is 1. The van der Waals surface area contributed by atoms with Gasteiger partial charge in [-0.15, -0.1) is 0 Å². The average Bonchev–Trinajstić information content (AvgIpc) is 2.83. The Kier molecular flexibility index (Phi) is 8.77. The van der Waals surface area contributed by atoms with Crippen LogP contribution in [0, 0.1) is 17.2 Å². The summed E-state index contributed by atoms with van der Waals surface area (Å²) in [5, 5.41) is 15.6. The molecule has 2 aromatic rings. The van der Waals surface area contributed by atoms with Gasteiger partial charge in [-0.2, -0.15) is 5.26 Å². The van der Waals surface area contributed by atoms with Gasteiger partial charge in [0.2, 0.25) is 11.8 Å². The van der Waals surface area contributed by atoms with E-state index in [-0.39, 0.29) is 22.3 Å². The molecule has 11 heteroatoms. The van der Waals surface area contributed by atoms with Gasteiger partial charge in [-0.05, 0) is 57.9 Å². The van der Waals surface area contributed by atoms with E-state index in [2.05, 4.69) is 48.6 Å². The van der Waals surface area contributed by atoms with E-state index in [1.54, 1.807) is 42.5 Å². The topological polar surface area (TPSA) is 118 Å². The molecule has 1 aliphatic heterocycles. The number of methoxy groups -OCH3 is 2. The first-order valence-electron chi connectivity index (χ1n) is 9.83. The fourth-order valence-corrected chi connectivity index (χ4v) is 5.09. The smallest absolute Gasteiger partial charge is 0.319 e. The molecule has 0 aliphatic carbocycles. The molecular weight excluding hydrogens is 590 g/mol. The Balaban J connectivity index is 1.92. The minimum atomic E-state index is -1.26. The van der Waals surface area contributed by atoms with E-state index in [1.807, 2.05) is 0 Å². The lowest BCUT2D eigenvalue weighted by Crippen LogP contribution is -2.44. The highest BCUT2D eigenvalue weighted by Gasteiger charge is 2.44. The monoisotopic (exact) mass is 607 g/mol. The fourth-order valence-electron chi connectivity index (χ4n) is 3.42. The van der Waals surface area contributed by atoms with Crippen molar-refractivity contribution < 1.29 is 23.9 Å². The van der Waals surface area contributed by atoms with Crippen molar-refractivity contribution in [2.24, 2.45) is 5.92 Å². The molecule has 0 aromatic heterocycles. The second-order valence-electron chi connectivity index (χ2n) is 7.06. The Morgan fingerprint density at radius 1 is 1.18 bits per heavy atom. The first kappa shape index (κ1) is 25.8. The number of nitrogens with zero attached hydrogens (tertiary/aromatic N) is 1. The number of thioether (sulfide) groups is 1. The molecule has 0 bridgehead atoms. The van der Waals surface area contributed by atoms with Gasteiger partial charge in [0.15, 0.2) is 0 Å². The van der Waals surface area contributed by atoms with Crippen molar-refractivity contribution in [2.75, 3.05) is 25.3 Å². The number of allylic oxidation sites excluding steroid dienone is 1. The number of carbonyl (C=O) groups is 3. The highest BCUT2D eigenvalue weighted by atomic mass is 79.9. The van der Waals surface area contributed by atoms with Crippen LogP contribution in [0.25, 0.3) is 0 Å². The fraction of sp³-hybridized carbons (Fsp3) is 0.217. The molecule has 2 aromatic carbocycles. The minimum absolute atomic E-state index is 0.0568. The first-order valence-corrected chi connectivity index (χ1v) is 12.4. The molecule has 0 saturated carbocycles. The van der Waals surface area contributed by atoms with E-state index in [0.29, 0.717) is 21.5 Å². The third-order valence-corrected chi connectivity index (χ3v) is 7.16. The number of amides is 2. The third kappa shape index (κ3) is 5.81. The maximum atomic E-state index is 12.9. The zero-order valence-electron chi connectivity index (χ0n) is 18.1. The number of rotatable bonds is 7. The van der Waals surface area contributed by atoms with Crippen molar-refractivity contribution >= 4 is 67.1 Å². The number of benzene rings is 2. The SMILES string of the molecule is COC(=O)[C@H]1C(=O)NC(SCC(=O)Nc2ccc(Br)cc2)=C(C#N)[C@H]1c1ccc(OC)c(Br)c1. The molecule has 1 aliphatic rings. The summed E-state index contributed by atoms with van der Waals surface area (Å²) in [6.45, 7) is 0. The molecule has 2 N–H and O–H groups in total. The molecular formula is C23H19Br2N3O5S. The first-order chi connectivity index (χ1) is 16.3. The summed E-state index contributed by atoms with van der Waals surface area (Å²) in [5.74, 6) is -3.35. The second kappa shape index (κ2) is 11.6. The minimum Gasteiger partial charge on any atom is -0.496 e. The van der Waals surface area contributed by atoms with E-state index in [0.717, 1.165) is 16.2 Å². The quantitative estimate of drug-likeness (QED) is 0.355. The van der Waals surface area contributed by atoms with Gasteiger partial charge in [0, 0.05) is 16.1 Å². The van der Waals surface area contributed by atoms with Crippen LogP contribution in [0.3, 0.4) is 0 Å². The van der Waals surface area contributed by atoms with Crippen molar-refractivity contribution in [3.05, 3.63) is 67.6 Å². The summed E-state index contributed by atoms with van der Waals surface area (Å²) in [7, 11) is 2.70. The molecule has 1 heterocycles. The van der Waals surface area contributed by atoms with E-state index in [4.69, 9.17) is 9.47 Å². The van der Waals surface area contributed by atoms with E-state index >= 15 is 0 Å². The number of anilines is 1. The van der Waals surface area contributed by atoms with Gasteiger partial charge in [0.1, 0.15) is 11.7 Å². The summed E-state index contributed by atoms with van der Waals surface area (Å²) >= 11 is 7.75. The predicted molar refractivity (Wildman–Crippen MR) is 135 cm³/mol. The lowest BCUT2D eigenvalue weighted by Gasteiger charge is -2.31. The number of nitrogens with one attached hydrogen (secondary N) is 2. The summed E-state index contributed by atoms with van der Waals surface area (Å²) in [5.41, 5.74) is 1.32. The second-order valence-corrected chi connectivity index (χ2v) is 9.82. The van der Waals surface area contributed by atoms with Gasteiger partial charge >= 0.3 is 5.97 Å². The van der Waals surface area contributed by atoms with Gasteiger partial charge in [0.25, 0.3) is 0 Å². The molecule has 34 heavy (non-hydrogen) atoms. The Morgan fingerprint density at radius 3 is 2.47 bits per heavy atom. The molecule has 3 rings (SSSR count). The molecule has 2 atom stereocenters. The van der Waals surface area contributed by atoms with E-state index in [1.165, 1.54) is 14.2 Å². The number of hydrogen-bond donors (Lipinski definition) is 2. The van der Waals surface area contributed by atoms with Gasteiger partial charge in [-0.1, -0.05) is 33.8 Å². The van der Waals surface area contributed by atoms with Gasteiger partial charge < -0.3 is 20.1 Å². The normalized spacial score (nSPS) is 17.4. The van der Waals surface area contributed by atoms with Crippen LogP contribution in [0.15, 0.2) is 62.0 Å². The summed E-state index contributed by atoms with van der Waals surface area (Å²) in [6.07, 6.45) is 0. The molecule has 2 amide bonds. The lowest BCUT2D eigenvalue weighted by molar-refractivity contribution is -0.150. The number of esters is 1. The molecule has 176 valence electrons. The number of ether oxygens (including phenoxy) is 2. The van der Waals surface area contributed by atoms with Crippen LogP contribution in [0.1, 0.15) is 11.5 Å². The van der Waals surface area contributed by atoms with Crippen LogP contribution in [0.4, 0.5) is 5.69 Å². The van der Waals surface area contributed by atoms with Crippen molar-refractivity contribution in [3.63, 3.8) is 0 Å². The highest BCUT2D eigenvalue weighted by Crippen LogP contribution is 2.42. The molecule has 0 spiro atoms. The van der Waals surface area contributed by atoms with Crippen LogP contribution in [0.5, 0.6) is 5.75 Å². The zero-order chi connectivity index (χ0) is 24.8. The van der Waals surface area contributed by atoms with Crippen LogP contribution < -0.4 is 15.4 Å². The highest BCUT2D eigenvalue weighted by molar-refractivity contribution is 9.10. The van der Waals surface area contributed by atoms with Crippen LogP contribution in [-0.4, -0.2) is 37.8 Å². The number of carbonyl (C=O) groups excluding carboxylic acids is 3. The van der Waals surface area contributed by atoms with Crippen molar-refractivity contribution in [1.82, 2.24) is 5.32 Å². The molecule has 8 nitrogen and oxygen atoms in total. The van der Waals surface area contributed by atoms with Gasteiger partial charge in [0.05, 0.1) is 41.1 Å². The number of hydrogen-bond acceptors (Lipinski definition) is 7. The summed E-state index contributed by atoms with van der Waals surface area (Å²) in [4.78, 5) is 37.9. The average molecular weight is 609 g/mol. The maximum Gasteiger partial charge on any atom is 0.319 e. The van der Waals surface area contributed by atoms with E-state index < -0.39 is 23.7 Å². The maximum absolute atomic E-state index is 12.9. The number of halogens is 2. The van der Waals surface area contributed by atoms with Crippen LogP contribution in [-0.2, 0) is 19.1 Å².